The molecule has 0 aliphatic heterocycles. The standard InChI is InChI=1S/C12H25NO3/c1-4-5-8-13(9-10-14)12(15)7-6-11(2)16-3/h11,14H,4-10H2,1-3H3. The van der Waals surface area contributed by atoms with Gasteiger partial charge in [0, 0.05) is 26.6 Å². The summed E-state index contributed by atoms with van der Waals surface area (Å²) < 4.78 is 5.10. The van der Waals surface area contributed by atoms with Crippen molar-refractivity contribution in [3.05, 3.63) is 0 Å². The molecule has 0 bridgehead atoms. The van der Waals surface area contributed by atoms with Gasteiger partial charge in [-0.2, -0.15) is 0 Å². The third-order valence-electron chi connectivity index (χ3n) is 2.67. The lowest BCUT2D eigenvalue weighted by atomic mass is 10.2. The van der Waals surface area contributed by atoms with Crippen LogP contribution in [0.2, 0.25) is 0 Å². The number of methoxy groups -OCH3 is 1. The number of unbranched alkanes of at least 4 members (excludes halogenated alkanes) is 1. The summed E-state index contributed by atoms with van der Waals surface area (Å²) in [6.07, 6.45) is 3.41. The topological polar surface area (TPSA) is 49.8 Å². The van der Waals surface area contributed by atoms with Crippen molar-refractivity contribution < 1.29 is 14.6 Å². The van der Waals surface area contributed by atoms with E-state index in [0.717, 1.165) is 25.8 Å². The highest BCUT2D eigenvalue weighted by Gasteiger charge is 2.13. The molecule has 0 saturated carbocycles. The number of carbonyl (C=O) groups is 1. The van der Waals surface area contributed by atoms with E-state index in [2.05, 4.69) is 6.92 Å². The summed E-state index contributed by atoms with van der Waals surface area (Å²) in [5.74, 6) is 0.117. The average molecular weight is 231 g/mol. The summed E-state index contributed by atoms with van der Waals surface area (Å²) >= 11 is 0. The van der Waals surface area contributed by atoms with E-state index in [1.54, 1.807) is 12.0 Å². The Morgan fingerprint density at radius 3 is 2.62 bits per heavy atom. The molecule has 0 heterocycles. The van der Waals surface area contributed by atoms with Gasteiger partial charge in [-0.3, -0.25) is 4.79 Å². The predicted molar refractivity (Wildman–Crippen MR) is 64.3 cm³/mol. The highest BCUT2D eigenvalue weighted by molar-refractivity contribution is 5.76. The van der Waals surface area contributed by atoms with Crippen molar-refractivity contribution in [3.8, 4) is 0 Å². The van der Waals surface area contributed by atoms with Gasteiger partial charge in [-0.05, 0) is 19.8 Å². The minimum Gasteiger partial charge on any atom is -0.395 e. The first kappa shape index (κ1) is 15.4. The fourth-order valence-corrected chi connectivity index (χ4v) is 1.43. The van der Waals surface area contributed by atoms with E-state index in [1.807, 2.05) is 6.92 Å². The van der Waals surface area contributed by atoms with Crippen molar-refractivity contribution in [1.29, 1.82) is 0 Å². The number of ether oxygens (including phenoxy) is 1. The zero-order valence-corrected chi connectivity index (χ0v) is 10.7. The molecule has 4 nitrogen and oxygen atoms in total. The Morgan fingerprint density at radius 2 is 2.12 bits per heavy atom. The normalized spacial score (nSPS) is 12.5. The van der Waals surface area contributed by atoms with Crippen LogP contribution in [0.3, 0.4) is 0 Å². The molecule has 0 spiro atoms. The second kappa shape index (κ2) is 9.60. The van der Waals surface area contributed by atoms with Crippen LogP contribution < -0.4 is 0 Å². The van der Waals surface area contributed by atoms with E-state index in [9.17, 15) is 4.79 Å². The van der Waals surface area contributed by atoms with Crippen LogP contribution in [-0.4, -0.2) is 48.8 Å². The Hall–Kier alpha value is -0.610. The number of carbonyl (C=O) groups excluding carboxylic acids is 1. The van der Waals surface area contributed by atoms with Gasteiger partial charge >= 0.3 is 0 Å². The molecule has 0 aromatic rings. The van der Waals surface area contributed by atoms with Gasteiger partial charge in [0.1, 0.15) is 0 Å². The second-order valence-electron chi connectivity index (χ2n) is 4.04. The van der Waals surface area contributed by atoms with Gasteiger partial charge in [-0.1, -0.05) is 13.3 Å². The monoisotopic (exact) mass is 231 g/mol. The van der Waals surface area contributed by atoms with E-state index >= 15 is 0 Å². The number of amides is 1. The zero-order valence-electron chi connectivity index (χ0n) is 10.7. The van der Waals surface area contributed by atoms with Gasteiger partial charge in [0.15, 0.2) is 0 Å². The second-order valence-corrected chi connectivity index (χ2v) is 4.04. The Morgan fingerprint density at radius 1 is 1.44 bits per heavy atom. The molecule has 0 rings (SSSR count). The van der Waals surface area contributed by atoms with Gasteiger partial charge in [-0.25, -0.2) is 0 Å². The first-order valence-corrected chi connectivity index (χ1v) is 6.07. The van der Waals surface area contributed by atoms with Crippen LogP contribution in [-0.2, 0) is 9.53 Å². The fraction of sp³-hybridized carbons (Fsp3) is 0.917. The lowest BCUT2D eigenvalue weighted by Gasteiger charge is -2.22. The minimum atomic E-state index is 0.0370. The highest BCUT2D eigenvalue weighted by atomic mass is 16.5. The minimum absolute atomic E-state index is 0.0370. The first-order valence-electron chi connectivity index (χ1n) is 6.07. The lowest BCUT2D eigenvalue weighted by molar-refractivity contribution is -0.132. The van der Waals surface area contributed by atoms with Crippen LogP contribution in [0.4, 0.5) is 0 Å². The Kier molecular flexibility index (Phi) is 9.24. The molecule has 1 unspecified atom stereocenters. The van der Waals surface area contributed by atoms with E-state index in [1.165, 1.54) is 0 Å². The summed E-state index contributed by atoms with van der Waals surface area (Å²) in [6, 6.07) is 0. The predicted octanol–water partition coefficient (Wildman–Crippen LogP) is 1.42. The maximum atomic E-state index is 11.8. The van der Waals surface area contributed by atoms with Crippen LogP contribution in [0, 0.1) is 0 Å². The molecule has 96 valence electrons. The Bertz CT molecular complexity index is 185. The van der Waals surface area contributed by atoms with Crippen molar-refractivity contribution in [2.75, 3.05) is 26.8 Å². The van der Waals surface area contributed by atoms with Crippen molar-refractivity contribution >= 4 is 5.91 Å². The van der Waals surface area contributed by atoms with Gasteiger partial charge in [0.25, 0.3) is 0 Å². The quantitative estimate of drug-likeness (QED) is 0.653. The van der Waals surface area contributed by atoms with E-state index in [-0.39, 0.29) is 18.6 Å². The van der Waals surface area contributed by atoms with Crippen molar-refractivity contribution in [2.45, 2.75) is 45.6 Å². The Balaban J connectivity index is 3.95. The Labute approximate surface area is 98.6 Å². The molecular formula is C12H25NO3. The first-order chi connectivity index (χ1) is 7.65. The van der Waals surface area contributed by atoms with Gasteiger partial charge in [-0.15, -0.1) is 0 Å². The molecule has 0 radical (unpaired) electrons. The molecular weight excluding hydrogens is 206 g/mol. The number of rotatable bonds is 9. The molecule has 1 amide bonds. The van der Waals surface area contributed by atoms with Crippen LogP contribution in [0.25, 0.3) is 0 Å². The highest BCUT2D eigenvalue weighted by Crippen LogP contribution is 2.05. The number of hydrogen-bond donors (Lipinski definition) is 1. The molecule has 1 N–H and O–H groups in total. The van der Waals surface area contributed by atoms with Crippen molar-refractivity contribution in [3.63, 3.8) is 0 Å². The maximum Gasteiger partial charge on any atom is 0.222 e. The van der Waals surface area contributed by atoms with Crippen molar-refractivity contribution in [2.24, 2.45) is 0 Å². The van der Waals surface area contributed by atoms with Crippen LogP contribution in [0.15, 0.2) is 0 Å². The molecule has 0 aliphatic rings. The molecule has 0 fully saturated rings. The van der Waals surface area contributed by atoms with E-state index in [4.69, 9.17) is 9.84 Å². The molecule has 16 heavy (non-hydrogen) atoms. The molecule has 0 aromatic heterocycles. The number of hydrogen-bond acceptors (Lipinski definition) is 3. The lowest BCUT2D eigenvalue weighted by Crippen LogP contribution is -2.34. The largest absolute Gasteiger partial charge is 0.395 e. The summed E-state index contributed by atoms with van der Waals surface area (Å²) in [4.78, 5) is 13.6. The third kappa shape index (κ3) is 6.80. The molecule has 0 saturated heterocycles. The van der Waals surface area contributed by atoms with Crippen LogP contribution >= 0.6 is 0 Å². The molecule has 1 atom stereocenters. The summed E-state index contributed by atoms with van der Waals surface area (Å²) in [7, 11) is 1.65. The average Bonchev–Trinajstić information content (AvgIpc) is 2.30. The number of aliphatic hydroxyl groups excluding tert-OH is 1. The van der Waals surface area contributed by atoms with Gasteiger partial charge in [0.2, 0.25) is 5.91 Å². The molecule has 0 aromatic carbocycles. The summed E-state index contributed by atoms with van der Waals surface area (Å²) in [6.45, 7) is 5.27. The molecule has 4 heteroatoms. The van der Waals surface area contributed by atoms with Crippen molar-refractivity contribution in [1.82, 2.24) is 4.90 Å². The number of aliphatic hydroxyl groups is 1. The van der Waals surface area contributed by atoms with Crippen LogP contribution in [0.1, 0.15) is 39.5 Å². The summed E-state index contributed by atoms with van der Waals surface area (Å²) in [5.41, 5.74) is 0. The summed E-state index contributed by atoms with van der Waals surface area (Å²) in [5, 5.41) is 8.89. The number of nitrogens with zero attached hydrogens (tertiary/aromatic N) is 1. The maximum absolute atomic E-state index is 11.8. The van der Waals surface area contributed by atoms with Gasteiger partial charge in [0.05, 0.1) is 12.7 Å². The molecule has 0 aliphatic carbocycles. The fourth-order valence-electron chi connectivity index (χ4n) is 1.43. The van der Waals surface area contributed by atoms with Crippen LogP contribution in [0.5, 0.6) is 0 Å². The van der Waals surface area contributed by atoms with E-state index in [0.29, 0.717) is 13.0 Å². The van der Waals surface area contributed by atoms with E-state index < -0.39 is 0 Å². The third-order valence-corrected chi connectivity index (χ3v) is 2.67. The van der Waals surface area contributed by atoms with Gasteiger partial charge < -0.3 is 14.7 Å². The smallest absolute Gasteiger partial charge is 0.222 e. The SMILES string of the molecule is CCCCN(CCO)C(=O)CCC(C)OC. The zero-order chi connectivity index (χ0) is 12.4.